The van der Waals surface area contributed by atoms with Crippen molar-refractivity contribution >= 4 is 5.97 Å². The van der Waals surface area contributed by atoms with Gasteiger partial charge in [-0.15, -0.1) is 0 Å². The molecule has 208 valence electrons. The zero-order valence-electron chi connectivity index (χ0n) is 22.7. The third-order valence-electron chi connectivity index (χ3n) is 7.66. The average molecular weight is 537 g/mol. The van der Waals surface area contributed by atoms with Gasteiger partial charge < -0.3 is 24.2 Å². The fourth-order valence-electron chi connectivity index (χ4n) is 5.49. The molecule has 2 N–H and O–H groups in total. The van der Waals surface area contributed by atoms with Gasteiger partial charge in [0.2, 0.25) is 11.7 Å². The van der Waals surface area contributed by atoms with E-state index < -0.39 is 12.1 Å². The molecule has 2 aromatic heterocycles. The van der Waals surface area contributed by atoms with Crippen molar-refractivity contribution in [3.05, 3.63) is 41.1 Å². The normalized spacial score (nSPS) is 17.2. The predicted octanol–water partition coefficient (Wildman–Crippen LogP) is 4.09. The van der Waals surface area contributed by atoms with E-state index in [2.05, 4.69) is 10.1 Å². The number of aliphatic hydroxyl groups excluding tert-OH is 1. The van der Waals surface area contributed by atoms with Gasteiger partial charge in [-0.25, -0.2) is 4.98 Å². The highest BCUT2D eigenvalue weighted by Crippen LogP contribution is 2.36. The predicted molar refractivity (Wildman–Crippen MR) is 144 cm³/mol. The molecule has 2 fully saturated rings. The first-order valence-corrected chi connectivity index (χ1v) is 13.6. The number of pyridine rings is 1. The molecule has 3 heterocycles. The van der Waals surface area contributed by atoms with E-state index in [4.69, 9.17) is 24.1 Å². The summed E-state index contributed by atoms with van der Waals surface area (Å²) in [4.78, 5) is 22.3. The van der Waals surface area contributed by atoms with Crippen LogP contribution in [0.1, 0.15) is 55.3 Å². The Kier molecular flexibility index (Phi) is 8.13. The Balaban J connectivity index is 1.29. The first-order valence-electron chi connectivity index (χ1n) is 13.6. The fourth-order valence-corrected chi connectivity index (χ4v) is 5.49. The standard InChI is InChI=1S/C29H36N4O6/c1-4-18-10-20(9-17(2)26(18)38-16-23(34)15-33-13-22(14-33)29(35)36)27-31-28(39-32-27)21-11-24(19-7-5-6-8-19)30-25(12-21)37-3/h9-12,19,22-23,34H,4-8,13-16H2,1-3H3,(H,35,36). The highest BCUT2D eigenvalue weighted by molar-refractivity contribution is 5.71. The Morgan fingerprint density at radius 2 is 1.92 bits per heavy atom. The number of aliphatic carboxylic acids is 1. The summed E-state index contributed by atoms with van der Waals surface area (Å²) < 4.78 is 17.2. The van der Waals surface area contributed by atoms with Gasteiger partial charge in [0.1, 0.15) is 18.5 Å². The number of hydrogen-bond donors (Lipinski definition) is 2. The summed E-state index contributed by atoms with van der Waals surface area (Å²) in [6, 6.07) is 7.80. The van der Waals surface area contributed by atoms with Crippen molar-refractivity contribution in [2.45, 2.75) is 58.0 Å². The monoisotopic (exact) mass is 536 g/mol. The molecule has 0 radical (unpaired) electrons. The molecular weight excluding hydrogens is 500 g/mol. The first kappa shape index (κ1) is 27.1. The quantitative estimate of drug-likeness (QED) is 0.369. The maximum absolute atomic E-state index is 11.0. The van der Waals surface area contributed by atoms with Gasteiger partial charge in [0.15, 0.2) is 0 Å². The molecule has 39 heavy (non-hydrogen) atoms. The lowest BCUT2D eigenvalue weighted by molar-refractivity contribution is -0.148. The second-order valence-electron chi connectivity index (χ2n) is 10.6. The van der Waals surface area contributed by atoms with Gasteiger partial charge in [-0.3, -0.25) is 9.69 Å². The number of aromatic nitrogens is 3. The zero-order valence-corrected chi connectivity index (χ0v) is 22.7. The van der Waals surface area contributed by atoms with Crippen LogP contribution in [0.15, 0.2) is 28.8 Å². The van der Waals surface area contributed by atoms with Gasteiger partial charge in [-0.1, -0.05) is 24.9 Å². The van der Waals surface area contributed by atoms with Crippen LogP contribution in [-0.4, -0.2) is 75.7 Å². The molecule has 3 aromatic rings. The third-order valence-corrected chi connectivity index (χ3v) is 7.66. The van der Waals surface area contributed by atoms with Gasteiger partial charge in [0, 0.05) is 48.4 Å². The number of likely N-dealkylation sites (tertiary alicyclic amines) is 1. The average Bonchev–Trinajstić information content (AvgIpc) is 3.62. The van der Waals surface area contributed by atoms with E-state index in [0.29, 0.717) is 43.1 Å². The number of carboxylic acids is 1. The minimum atomic E-state index is -0.789. The van der Waals surface area contributed by atoms with Gasteiger partial charge in [-0.05, 0) is 55.5 Å². The maximum Gasteiger partial charge on any atom is 0.309 e. The van der Waals surface area contributed by atoms with E-state index in [1.165, 1.54) is 12.8 Å². The molecule has 0 amide bonds. The number of nitrogens with zero attached hydrogens (tertiary/aromatic N) is 4. The van der Waals surface area contributed by atoms with E-state index in [1.807, 2.05) is 43.0 Å². The Labute approximate surface area is 228 Å². The Morgan fingerprint density at radius 1 is 1.15 bits per heavy atom. The van der Waals surface area contributed by atoms with Gasteiger partial charge >= 0.3 is 5.97 Å². The molecule has 1 atom stereocenters. The number of carboxylic acid groups (broad SMARTS) is 1. The largest absolute Gasteiger partial charge is 0.490 e. The zero-order chi connectivity index (χ0) is 27.5. The van der Waals surface area contributed by atoms with Crippen LogP contribution in [0.2, 0.25) is 0 Å². The van der Waals surface area contributed by atoms with E-state index in [1.54, 1.807) is 7.11 Å². The van der Waals surface area contributed by atoms with Crippen molar-refractivity contribution in [2.75, 3.05) is 33.4 Å². The van der Waals surface area contributed by atoms with E-state index in [9.17, 15) is 9.90 Å². The highest BCUT2D eigenvalue weighted by atomic mass is 16.5. The maximum atomic E-state index is 11.0. The van der Waals surface area contributed by atoms with Crippen LogP contribution in [0.5, 0.6) is 11.6 Å². The number of carbonyl (C=O) groups is 1. The molecule has 1 aliphatic heterocycles. The number of aryl methyl sites for hydroxylation is 2. The number of methoxy groups -OCH3 is 1. The summed E-state index contributed by atoms with van der Waals surface area (Å²) >= 11 is 0. The molecule has 0 spiro atoms. The fraction of sp³-hybridized carbons (Fsp3) is 0.517. The van der Waals surface area contributed by atoms with E-state index in [0.717, 1.165) is 53.0 Å². The summed E-state index contributed by atoms with van der Waals surface area (Å²) in [5.41, 5.74) is 4.51. The van der Waals surface area contributed by atoms with Gasteiger partial charge in [0.25, 0.3) is 5.89 Å². The van der Waals surface area contributed by atoms with Crippen LogP contribution in [0, 0.1) is 12.8 Å². The first-order chi connectivity index (χ1) is 18.8. The highest BCUT2D eigenvalue weighted by Gasteiger charge is 2.33. The number of hydrogen-bond acceptors (Lipinski definition) is 9. The van der Waals surface area contributed by atoms with Crippen molar-refractivity contribution in [1.82, 2.24) is 20.0 Å². The summed E-state index contributed by atoms with van der Waals surface area (Å²) in [5.74, 6) is 1.46. The van der Waals surface area contributed by atoms with Crippen molar-refractivity contribution in [2.24, 2.45) is 5.92 Å². The topological polar surface area (TPSA) is 131 Å². The van der Waals surface area contributed by atoms with Crippen LogP contribution in [0.25, 0.3) is 22.8 Å². The lowest BCUT2D eigenvalue weighted by Crippen LogP contribution is -2.53. The van der Waals surface area contributed by atoms with Crippen LogP contribution >= 0.6 is 0 Å². The van der Waals surface area contributed by atoms with Crippen LogP contribution in [0.4, 0.5) is 0 Å². The van der Waals surface area contributed by atoms with E-state index in [-0.39, 0.29) is 12.5 Å². The minimum absolute atomic E-state index is 0.126. The second kappa shape index (κ2) is 11.7. The molecule has 1 aliphatic carbocycles. The smallest absolute Gasteiger partial charge is 0.309 e. The Hall–Kier alpha value is -3.50. The molecule has 1 aromatic carbocycles. The summed E-state index contributed by atoms with van der Waals surface area (Å²) in [6.07, 6.45) is 4.70. The van der Waals surface area contributed by atoms with E-state index >= 15 is 0 Å². The molecule has 5 rings (SSSR count). The summed E-state index contributed by atoms with van der Waals surface area (Å²) in [5, 5.41) is 23.7. The van der Waals surface area contributed by atoms with Crippen molar-refractivity contribution in [3.63, 3.8) is 0 Å². The van der Waals surface area contributed by atoms with Crippen molar-refractivity contribution < 1.29 is 29.0 Å². The molecular formula is C29H36N4O6. The van der Waals surface area contributed by atoms with Gasteiger partial charge in [0.05, 0.1) is 13.0 Å². The van der Waals surface area contributed by atoms with Crippen molar-refractivity contribution in [1.29, 1.82) is 0 Å². The minimum Gasteiger partial charge on any atom is -0.490 e. The van der Waals surface area contributed by atoms with Gasteiger partial charge in [-0.2, -0.15) is 4.98 Å². The lowest BCUT2D eigenvalue weighted by atomic mass is 10.0. The molecule has 0 bridgehead atoms. The summed E-state index contributed by atoms with van der Waals surface area (Å²) in [7, 11) is 1.61. The Morgan fingerprint density at radius 3 is 2.62 bits per heavy atom. The number of β-amino-alcohol motifs (C(OH)–C–C–N with tert-alkyl or cyclic N) is 1. The van der Waals surface area contributed by atoms with Crippen molar-refractivity contribution in [3.8, 4) is 34.5 Å². The SMILES string of the molecule is CCc1cc(-c2noc(-c3cc(OC)nc(C4CCCC4)c3)n2)cc(C)c1OCC(O)CN1CC(C(=O)O)C1. The number of aliphatic hydroxyl groups is 1. The molecule has 10 heteroatoms. The molecule has 1 unspecified atom stereocenters. The Bertz CT molecular complexity index is 1310. The van der Waals surface area contributed by atoms with Crippen LogP contribution in [0.3, 0.4) is 0 Å². The second-order valence-corrected chi connectivity index (χ2v) is 10.6. The molecule has 2 aliphatic rings. The van der Waals surface area contributed by atoms with Crippen LogP contribution < -0.4 is 9.47 Å². The number of ether oxygens (including phenoxy) is 2. The lowest BCUT2D eigenvalue weighted by Gasteiger charge is -2.37. The third kappa shape index (κ3) is 6.07. The van der Waals surface area contributed by atoms with Crippen LogP contribution in [-0.2, 0) is 11.2 Å². The number of rotatable bonds is 11. The molecule has 1 saturated heterocycles. The molecule has 1 saturated carbocycles. The number of benzene rings is 1. The molecule has 10 nitrogen and oxygen atoms in total. The summed E-state index contributed by atoms with van der Waals surface area (Å²) in [6.45, 7) is 5.43.